The van der Waals surface area contributed by atoms with Crippen LogP contribution >= 0.6 is 0 Å². The number of carbonyl (C=O) groups excluding carboxylic acids is 1. The van der Waals surface area contributed by atoms with Gasteiger partial charge >= 0.3 is 0 Å². The Kier molecular flexibility index (Phi) is 4.59. The molecule has 2 unspecified atom stereocenters. The van der Waals surface area contributed by atoms with Crippen molar-refractivity contribution in [3.05, 3.63) is 35.4 Å². The molecule has 0 aliphatic carbocycles. The van der Waals surface area contributed by atoms with Gasteiger partial charge in [0.2, 0.25) is 5.91 Å². The van der Waals surface area contributed by atoms with Crippen LogP contribution in [0.2, 0.25) is 0 Å². The van der Waals surface area contributed by atoms with Crippen LogP contribution in [0.15, 0.2) is 24.3 Å². The number of hydrogen-bond donors (Lipinski definition) is 1. The Bertz CT molecular complexity index is 427. The second-order valence-corrected chi connectivity index (χ2v) is 5.64. The second-order valence-electron chi connectivity index (χ2n) is 5.64. The first-order valence-electron chi connectivity index (χ1n) is 7.19. The smallest absolute Gasteiger partial charge is 0.227 e. The Labute approximate surface area is 115 Å². The molecule has 1 saturated heterocycles. The zero-order valence-corrected chi connectivity index (χ0v) is 11.9. The van der Waals surface area contributed by atoms with Gasteiger partial charge in [-0.15, -0.1) is 0 Å². The van der Waals surface area contributed by atoms with Crippen LogP contribution in [0.1, 0.15) is 37.8 Å². The minimum Gasteiger partial charge on any atom is -0.339 e. The first kappa shape index (κ1) is 14.1. The van der Waals surface area contributed by atoms with E-state index in [-0.39, 0.29) is 5.91 Å². The number of nitrogens with two attached hydrogens (primary N) is 1. The Morgan fingerprint density at radius 1 is 1.26 bits per heavy atom. The Balaban J connectivity index is 1.99. The maximum absolute atomic E-state index is 12.4. The molecule has 3 heteroatoms. The quantitative estimate of drug-likeness (QED) is 0.906. The van der Waals surface area contributed by atoms with Crippen molar-refractivity contribution in [2.45, 2.75) is 45.7 Å². The van der Waals surface area contributed by atoms with Crippen molar-refractivity contribution in [2.75, 3.05) is 6.54 Å². The van der Waals surface area contributed by atoms with Gasteiger partial charge in [0.05, 0.1) is 6.42 Å². The van der Waals surface area contributed by atoms with E-state index in [0.717, 1.165) is 24.1 Å². The van der Waals surface area contributed by atoms with E-state index in [9.17, 15) is 4.79 Å². The monoisotopic (exact) mass is 260 g/mol. The number of hydrogen-bond acceptors (Lipinski definition) is 2. The van der Waals surface area contributed by atoms with Crippen LogP contribution in [0.5, 0.6) is 0 Å². The number of nitrogens with zero attached hydrogens (tertiary/aromatic N) is 1. The normalized spacial score (nSPS) is 23.4. The zero-order valence-electron chi connectivity index (χ0n) is 11.9. The van der Waals surface area contributed by atoms with Gasteiger partial charge in [0.1, 0.15) is 0 Å². The van der Waals surface area contributed by atoms with Crippen molar-refractivity contribution in [3.8, 4) is 0 Å². The molecule has 2 rings (SSSR count). The molecule has 2 N–H and O–H groups in total. The summed E-state index contributed by atoms with van der Waals surface area (Å²) in [4.78, 5) is 14.4. The van der Waals surface area contributed by atoms with E-state index in [4.69, 9.17) is 5.73 Å². The van der Waals surface area contributed by atoms with Crippen LogP contribution in [0.3, 0.4) is 0 Å². The average molecular weight is 260 g/mol. The molecule has 0 aromatic heterocycles. The van der Waals surface area contributed by atoms with Crippen LogP contribution in [-0.4, -0.2) is 23.4 Å². The molecule has 1 aliphatic rings. The molecule has 1 fully saturated rings. The van der Waals surface area contributed by atoms with Gasteiger partial charge in [-0.3, -0.25) is 4.79 Å². The number of piperidine rings is 1. The molecule has 0 bridgehead atoms. The zero-order chi connectivity index (χ0) is 13.8. The molecule has 1 amide bonds. The van der Waals surface area contributed by atoms with Gasteiger partial charge in [0.15, 0.2) is 0 Å². The van der Waals surface area contributed by atoms with Gasteiger partial charge in [-0.25, -0.2) is 0 Å². The fraction of sp³-hybridized carbons (Fsp3) is 0.562. The highest BCUT2D eigenvalue weighted by molar-refractivity contribution is 5.79. The third kappa shape index (κ3) is 3.35. The van der Waals surface area contributed by atoms with Crippen LogP contribution in [0.25, 0.3) is 0 Å². The van der Waals surface area contributed by atoms with Crippen LogP contribution in [0.4, 0.5) is 0 Å². The largest absolute Gasteiger partial charge is 0.339 e. The van der Waals surface area contributed by atoms with Gasteiger partial charge in [-0.2, -0.15) is 0 Å². The standard InChI is InChI=1S/C16H24N2O/c1-12-4-3-9-18(13(12)2)16(19)10-14-5-7-15(11-17)8-6-14/h5-8,12-13H,3-4,9-11,17H2,1-2H3. The summed E-state index contributed by atoms with van der Waals surface area (Å²) in [7, 11) is 0. The molecule has 19 heavy (non-hydrogen) atoms. The van der Waals surface area contributed by atoms with Crippen LogP contribution in [0, 0.1) is 5.92 Å². The summed E-state index contributed by atoms with van der Waals surface area (Å²) < 4.78 is 0. The van der Waals surface area contributed by atoms with Crippen LogP contribution < -0.4 is 5.73 Å². The van der Waals surface area contributed by atoms with Gasteiger partial charge in [0, 0.05) is 19.1 Å². The average Bonchev–Trinajstić information content (AvgIpc) is 2.42. The minimum absolute atomic E-state index is 0.250. The SMILES string of the molecule is CC1CCCN(C(=O)Cc2ccc(CN)cc2)C1C. The summed E-state index contributed by atoms with van der Waals surface area (Å²) >= 11 is 0. The lowest BCUT2D eigenvalue weighted by Gasteiger charge is -2.38. The van der Waals surface area contributed by atoms with Gasteiger partial charge in [0.25, 0.3) is 0 Å². The molecule has 1 aromatic rings. The van der Waals surface area contributed by atoms with E-state index in [2.05, 4.69) is 13.8 Å². The first-order valence-corrected chi connectivity index (χ1v) is 7.19. The molecule has 1 aromatic carbocycles. The van der Waals surface area contributed by atoms with Gasteiger partial charge in [-0.05, 0) is 36.8 Å². The highest BCUT2D eigenvalue weighted by atomic mass is 16.2. The highest BCUT2D eigenvalue weighted by Crippen LogP contribution is 2.23. The number of rotatable bonds is 3. The summed E-state index contributed by atoms with van der Waals surface area (Å²) in [5, 5.41) is 0. The van der Waals surface area contributed by atoms with Crippen molar-refractivity contribution >= 4 is 5.91 Å². The summed E-state index contributed by atoms with van der Waals surface area (Å²) in [5.41, 5.74) is 7.76. The van der Waals surface area contributed by atoms with E-state index in [1.54, 1.807) is 0 Å². The fourth-order valence-corrected chi connectivity index (χ4v) is 2.76. The Morgan fingerprint density at radius 2 is 1.89 bits per heavy atom. The van der Waals surface area contributed by atoms with Gasteiger partial charge < -0.3 is 10.6 Å². The molecule has 0 radical (unpaired) electrons. The van der Waals surface area contributed by atoms with E-state index in [1.807, 2.05) is 29.2 Å². The number of likely N-dealkylation sites (tertiary alicyclic amines) is 1. The third-order valence-corrected chi connectivity index (χ3v) is 4.31. The lowest BCUT2D eigenvalue weighted by molar-refractivity contribution is -0.135. The van der Waals surface area contributed by atoms with E-state index < -0.39 is 0 Å². The molecule has 2 atom stereocenters. The molecular formula is C16H24N2O. The van der Waals surface area contributed by atoms with Crippen molar-refractivity contribution in [2.24, 2.45) is 11.7 Å². The van der Waals surface area contributed by atoms with Crippen LogP contribution in [-0.2, 0) is 17.8 Å². The summed E-state index contributed by atoms with van der Waals surface area (Å²) in [6.45, 7) is 5.86. The molecule has 3 nitrogen and oxygen atoms in total. The molecule has 0 saturated carbocycles. The highest BCUT2D eigenvalue weighted by Gasteiger charge is 2.27. The van der Waals surface area contributed by atoms with E-state index >= 15 is 0 Å². The number of carbonyl (C=O) groups is 1. The Hall–Kier alpha value is -1.35. The van der Waals surface area contributed by atoms with E-state index in [0.29, 0.717) is 24.9 Å². The first-order chi connectivity index (χ1) is 9.11. The predicted molar refractivity (Wildman–Crippen MR) is 77.6 cm³/mol. The van der Waals surface area contributed by atoms with Crippen molar-refractivity contribution < 1.29 is 4.79 Å². The lowest BCUT2D eigenvalue weighted by Crippen LogP contribution is -2.46. The van der Waals surface area contributed by atoms with Crippen molar-refractivity contribution in [1.82, 2.24) is 4.90 Å². The van der Waals surface area contributed by atoms with E-state index in [1.165, 1.54) is 6.42 Å². The summed E-state index contributed by atoms with van der Waals surface area (Å²) in [6.07, 6.45) is 2.86. The number of benzene rings is 1. The topological polar surface area (TPSA) is 46.3 Å². The molecule has 1 heterocycles. The third-order valence-electron chi connectivity index (χ3n) is 4.31. The fourth-order valence-electron chi connectivity index (χ4n) is 2.76. The maximum atomic E-state index is 12.4. The predicted octanol–water partition coefficient (Wildman–Crippen LogP) is 2.33. The lowest BCUT2D eigenvalue weighted by atomic mass is 9.91. The summed E-state index contributed by atoms with van der Waals surface area (Å²) in [5.74, 6) is 0.858. The number of amides is 1. The Morgan fingerprint density at radius 3 is 2.53 bits per heavy atom. The molecule has 104 valence electrons. The van der Waals surface area contributed by atoms with Crippen molar-refractivity contribution in [3.63, 3.8) is 0 Å². The van der Waals surface area contributed by atoms with Gasteiger partial charge in [-0.1, -0.05) is 31.2 Å². The molecular weight excluding hydrogens is 236 g/mol. The second kappa shape index (κ2) is 6.20. The minimum atomic E-state index is 0.250. The molecule has 0 spiro atoms. The maximum Gasteiger partial charge on any atom is 0.227 e. The molecule has 1 aliphatic heterocycles. The summed E-state index contributed by atoms with van der Waals surface area (Å²) in [6, 6.07) is 8.40. The van der Waals surface area contributed by atoms with Crippen molar-refractivity contribution in [1.29, 1.82) is 0 Å².